The van der Waals surface area contributed by atoms with Gasteiger partial charge in [0.05, 0.1) is 12.1 Å². The van der Waals surface area contributed by atoms with E-state index >= 15 is 0 Å². The van der Waals surface area contributed by atoms with Crippen molar-refractivity contribution in [3.8, 4) is 0 Å². The Morgan fingerprint density at radius 2 is 2.05 bits per heavy atom. The van der Waals surface area contributed by atoms with Crippen molar-refractivity contribution in [2.24, 2.45) is 0 Å². The summed E-state index contributed by atoms with van der Waals surface area (Å²) in [5.74, 6) is 0.739. The molecular weight excluding hydrogens is 270 g/mol. The van der Waals surface area contributed by atoms with Gasteiger partial charge in [-0.15, -0.1) is 11.3 Å². The zero-order valence-corrected chi connectivity index (χ0v) is 11.5. The van der Waals surface area contributed by atoms with E-state index in [4.69, 9.17) is 0 Å². The number of tetrazole rings is 1. The van der Waals surface area contributed by atoms with Gasteiger partial charge in [-0.3, -0.25) is 0 Å². The molecule has 0 spiro atoms. The van der Waals surface area contributed by atoms with Crippen molar-refractivity contribution in [2.75, 3.05) is 5.32 Å². The van der Waals surface area contributed by atoms with Crippen LogP contribution in [0.4, 0.5) is 5.95 Å². The number of rotatable bonds is 2. The molecule has 2 atom stereocenters. The van der Waals surface area contributed by atoms with Crippen LogP contribution in [0.25, 0.3) is 0 Å². The van der Waals surface area contributed by atoms with Crippen LogP contribution in [0.2, 0.25) is 0 Å². The molecule has 5 nitrogen and oxygen atoms in total. The Morgan fingerprint density at radius 1 is 1.15 bits per heavy atom. The van der Waals surface area contributed by atoms with Gasteiger partial charge in [-0.05, 0) is 33.9 Å². The summed E-state index contributed by atoms with van der Waals surface area (Å²) in [6.07, 6.45) is 0.947. The third kappa shape index (κ3) is 1.89. The molecule has 20 heavy (non-hydrogen) atoms. The summed E-state index contributed by atoms with van der Waals surface area (Å²) in [6, 6.07) is 15.1. The summed E-state index contributed by atoms with van der Waals surface area (Å²) >= 11 is 1.75. The Hall–Kier alpha value is -2.21. The van der Waals surface area contributed by atoms with Gasteiger partial charge >= 0.3 is 0 Å². The van der Waals surface area contributed by atoms with Crippen molar-refractivity contribution >= 4 is 17.3 Å². The zero-order chi connectivity index (χ0) is 13.4. The van der Waals surface area contributed by atoms with Crippen LogP contribution in [-0.4, -0.2) is 20.2 Å². The number of anilines is 1. The summed E-state index contributed by atoms with van der Waals surface area (Å²) in [6.45, 7) is 0. The minimum atomic E-state index is 0.200. The molecular formula is C14H13N5S. The average Bonchev–Trinajstić information content (AvgIpc) is 3.18. The minimum absolute atomic E-state index is 0.200. The number of fused-ring (bicyclic) bond motifs is 1. The summed E-state index contributed by atoms with van der Waals surface area (Å²) in [4.78, 5) is 1.29. The van der Waals surface area contributed by atoms with Crippen LogP contribution < -0.4 is 5.32 Å². The molecule has 1 aliphatic heterocycles. The van der Waals surface area contributed by atoms with Crippen LogP contribution >= 0.6 is 11.3 Å². The minimum Gasteiger partial charge on any atom is -0.346 e. The number of nitrogens with one attached hydrogen (secondary N) is 1. The molecule has 3 aromatic rings. The quantitative estimate of drug-likeness (QED) is 0.785. The first-order valence-corrected chi connectivity index (χ1v) is 7.42. The van der Waals surface area contributed by atoms with Crippen LogP contribution in [0, 0.1) is 0 Å². The van der Waals surface area contributed by atoms with E-state index in [0.717, 1.165) is 12.4 Å². The van der Waals surface area contributed by atoms with Gasteiger partial charge in [-0.2, -0.15) is 0 Å². The number of thiophene rings is 1. The van der Waals surface area contributed by atoms with Crippen molar-refractivity contribution in [1.29, 1.82) is 0 Å². The van der Waals surface area contributed by atoms with Gasteiger partial charge in [0.25, 0.3) is 0 Å². The fourth-order valence-electron chi connectivity index (χ4n) is 2.66. The van der Waals surface area contributed by atoms with Gasteiger partial charge in [-0.1, -0.05) is 41.5 Å². The molecule has 0 radical (unpaired) electrons. The molecule has 0 amide bonds. The molecule has 0 bridgehead atoms. The van der Waals surface area contributed by atoms with E-state index in [1.807, 2.05) is 10.7 Å². The van der Waals surface area contributed by atoms with Crippen molar-refractivity contribution in [1.82, 2.24) is 20.2 Å². The van der Waals surface area contributed by atoms with E-state index in [9.17, 15) is 0 Å². The molecule has 1 N–H and O–H groups in total. The number of aromatic nitrogens is 4. The van der Waals surface area contributed by atoms with Crippen molar-refractivity contribution in [3.63, 3.8) is 0 Å². The molecule has 4 rings (SSSR count). The van der Waals surface area contributed by atoms with Crippen LogP contribution in [0.5, 0.6) is 0 Å². The standard InChI is InChI=1S/C14H13N5S/c1-2-5-10(6-3-1)11-9-12(13-7-4-8-20-13)19-14(15-11)16-17-18-19/h1-8,11-12H,9H2,(H,15,16,18)/t11-,12+/m1/s1. The highest BCUT2D eigenvalue weighted by Gasteiger charge is 2.30. The largest absolute Gasteiger partial charge is 0.346 e. The zero-order valence-electron chi connectivity index (χ0n) is 10.7. The summed E-state index contributed by atoms with van der Waals surface area (Å²) in [5.41, 5.74) is 1.27. The SMILES string of the molecule is c1ccc([C@H]2C[C@@H](c3cccs3)n3nnnc3N2)cc1. The van der Waals surface area contributed by atoms with E-state index in [1.54, 1.807) is 11.3 Å². The highest BCUT2D eigenvalue weighted by Crippen LogP contribution is 2.38. The molecule has 1 aromatic carbocycles. The topological polar surface area (TPSA) is 55.6 Å². The Labute approximate surface area is 120 Å². The maximum Gasteiger partial charge on any atom is 0.244 e. The van der Waals surface area contributed by atoms with E-state index in [1.165, 1.54) is 10.4 Å². The molecule has 0 saturated carbocycles. The first-order chi connectivity index (χ1) is 9.92. The predicted octanol–water partition coefficient (Wildman–Crippen LogP) is 2.88. The summed E-state index contributed by atoms with van der Waals surface area (Å²) in [5, 5.41) is 17.5. The lowest BCUT2D eigenvalue weighted by molar-refractivity contribution is 0.429. The van der Waals surface area contributed by atoms with Gasteiger partial charge in [0.1, 0.15) is 0 Å². The molecule has 0 unspecified atom stereocenters. The fourth-order valence-corrected chi connectivity index (χ4v) is 3.48. The van der Waals surface area contributed by atoms with Crippen molar-refractivity contribution < 1.29 is 0 Å². The van der Waals surface area contributed by atoms with E-state index in [-0.39, 0.29) is 12.1 Å². The van der Waals surface area contributed by atoms with Crippen LogP contribution in [0.3, 0.4) is 0 Å². The fraction of sp³-hybridized carbons (Fsp3) is 0.214. The summed E-state index contributed by atoms with van der Waals surface area (Å²) in [7, 11) is 0. The normalized spacial score (nSPS) is 21.2. The van der Waals surface area contributed by atoms with Crippen LogP contribution in [0.1, 0.15) is 28.9 Å². The number of hydrogen-bond acceptors (Lipinski definition) is 5. The smallest absolute Gasteiger partial charge is 0.244 e. The highest BCUT2D eigenvalue weighted by atomic mass is 32.1. The van der Waals surface area contributed by atoms with Gasteiger partial charge in [0.15, 0.2) is 0 Å². The molecule has 0 saturated heterocycles. The molecule has 1 aliphatic rings. The predicted molar refractivity (Wildman–Crippen MR) is 77.7 cm³/mol. The Kier molecular flexibility index (Phi) is 2.74. The highest BCUT2D eigenvalue weighted by molar-refractivity contribution is 7.10. The van der Waals surface area contributed by atoms with Gasteiger partial charge in [0.2, 0.25) is 5.95 Å². The maximum absolute atomic E-state index is 4.12. The lowest BCUT2D eigenvalue weighted by atomic mass is 9.97. The molecule has 0 fully saturated rings. The van der Waals surface area contributed by atoms with Crippen molar-refractivity contribution in [3.05, 3.63) is 58.3 Å². The second kappa shape index (κ2) is 4.72. The second-order valence-corrected chi connectivity index (χ2v) is 5.80. The third-order valence-electron chi connectivity index (χ3n) is 3.62. The molecule has 3 heterocycles. The molecule has 6 heteroatoms. The van der Waals surface area contributed by atoms with E-state index in [2.05, 4.69) is 62.6 Å². The molecule has 100 valence electrons. The van der Waals surface area contributed by atoms with Gasteiger partial charge in [-0.25, -0.2) is 4.68 Å². The Morgan fingerprint density at radius 3 is 2.85 bits per heavy atom. The third-order valence-corrected chi connectivity index (χ3v) is 4.60. The first-order valence-electron chi connectivity index (χ1n) is 6.54. The van der Waals surface area contributed by atoms with Gasteiger partial charge < -0.3 is 5.32 Å². The van der Waals surface area contributed by atoms with Gasteiger partial charge in [0, 0.05) is 4.88 Å². The van der Waals surface area contributed by atoms with Crippen LogP contribution in [0.15, 0.2) is 47.8 Å². The van der Waals surface area contributed by atoms with Crippen molar-refractivity contribution in [2.45, 2.75) is 18.5 Å². The number of hydrogen-bond donors (Lipinski definition) is 1. The lowest BCUT2D eigenvalue weighted by Gasteiger charge is -2.30. The maximum atomic E-state index is 4.12. The summed E-state index contributed by atoms with van der Waals surface area (Å²) < 4.78 is 1.88. The second-order valence-electron chi connectivity index (χ2n) is 4.82. The first kappa shape index (κ1) is 11.6. The Balaban J connectivity index is 1.74. The monoisotopic (exact) mass is 283 g/mol. The lowest BCUT2D eigenvalue weighted by Crippen LogP contribution is -2.27. The average molecular weight is 283 g/mol. The van der Waals surface area contributed by atoms with Crippen LogP contribution in [-0.2, 0) is 0 Å². The number of benzene rings is 1. The number of nitrogens with zero attached hydrogens (tertiary/aromatic N) is 4. The Bertz CT molecular complexity index is 691. The van der Waals surface area contributed by atoms with E-state index in [0.29, 0.717) is 0 Å². The molecule has 0 aliphatic carbocycles. The molecule has 2 aromatic heterocycles. The van der Waals surface area contributed by atoms with E-state index < -0.39 is 0 Å².